The quantitative estimate of drug-likeness (QED) is 0.102. The molecule has 0 spiro atoms. The van der Waals surface area contributed by atoms with E-state index in [4.69, 9.17) is 0 Å². The van der Waals surface area contributed by atoms with E-state index in [0.717, 1.165) is 24.6 Å². The van der Waals surface area contributed by atoms with E-state index >= 15 is 0 Å². The molecule has 40 heavy (non-hydrogen) atoms. The number of hydrogen-bond acceptors (Lipinski definition) is 4. The molecule has 2 aromatic carbocycles. The van der Waals surface area contributed by atoms with Gasteiger partial charge in [0.25, 0.3) is 0 Å². The molecule has 4 nitrogen and oxygen atoms in total. The van der Waals surface area contributed by atoms with Gasteiger partial charge in [-0.1, -0.05) is 45.9 Å². The van der Waals surface area contributed by atoms with Crippen molar-refractivity contribution in [3.8, 4) is 0 Å². The lowest BCUT2D eigenvalue weighted by Crippen LogP contribution is -2.30. The number of benzene rings is 2. The van der Waals surface area contributed by atoms with Crippen molar-refractivity contribution in [3.05, 3.63) is 120 Å². The van der Waals surface area contributed by atoms with Crippen LogP contribution in [0.4, 0.5) is 11.4 Å². The summed E-state index contributed by atoms with van der Waals surface area (Å²) in [5.41, 5.74) is 7.30. The van der Waals surface area contributed by atoms with Crippen LogP contribution >= 0.6 is 21.6 Å². The molecule has 0 aliphatic carbocycles. The van der Waals surface area contributed by atoms with E-state index in [-0.39, 0.29) is 0 Å². The van der Waals surface area contributed by atoms with Crippen molar-refractivity contribution < 1.29 is 9.13 Å². The van der Waals surface area contributed by atoms with Crippen LogP contribution in [-0.2, 0) is 14.1 Å². The van der Waals surface area contributed by atoms with Crippen molar-refractivity contribution in [2.45, 2.75) is 0 Å². The van der Waals surface area contributed by atoms with Crippen molar-refractivity contribution in [2.24, 2.45) is 14.1 Å². The van der Waals surface area contributed by atoms with Crippen LogP contribution < -0.4 is 18.9 Å². The van der Waals surface area contributed by atoms with Crippen LogP contribution in [0.1, 0.15) is 22.5 Å². The van der Waals surface area contributed by atoms with Crippen LogP contribution in [0.5, 0.6) is 0 Å². The molecule has 0 radical (unpaired) electrons. The van der Waals surface area contributed by atoms with Gasteiger partial charge in [0.15, 0.2) is 12.4 Å². The highest BCUT2D eigenvalue weighted by Gasteiger charge is 2.05. The highest BCUT2D eigenvalue weighted by molar-refractivity contribution is 8.76. The Morgan fingerprint density at radius 1 is 0.550 bits per heavy atom. The number of aromatic nitrogens is 2. The summed E-state index contributed by atoms with van der Waals surface area (Å²) in [5.74, 6) is 2.19. The highest BCUT2D eigenvalue weighted by atomic mass is 33.1. The summed E-state index contributed by atoms with van der Waals surface area (Å²) in [6, 6.07) is 30.1. The van der Waals surface area contributed by atoms with E-state index in [0.29, 0.717) is 0 Å². The Morgan fingerprint density at radius 3 is 1.32 bits per heavy atom. The molecule has 4 aromatic rings. The Bertz CT molecular complexity index is 1290. The van der Waals surface area contributed by atoms with Crippen molar-refractivity contribution in [3.63, 3.8) is 0 Å². The molecule has 0 atom stereocenters. The minimum absolute atomic E-state index is 1.03. The zero-order chi connectivity index (χ0) is 28.2. The predicted octanol–water partition coefficient (Wildman–Crippen LogP) is 6.63. The van der Waals surface area contributed by atoms with E-state index < -0.39 is 0 Å². The summed E-state index contributed by atoms with van der Waals surface area (Å²) in [6.07, 6.45) is 12.8. The van der Waals surface area contributed by atoms with Crippen molar-refractivity contribution >= 4 is 57.3 Å². The van der Waals surface area contributed by atoms with E-state index in [9.17, 15) is 0 Å². The maximum absolute atomic E-state index is 2.33. The maximum atomic E-state index is 2.33. The SMILES string of the molecule is CN(CCSSCCN(C)c1ccc(/C=C/c2cccc[n+]2C)cc1)c1ccc(/C=C/c2cccc[n+]2C)cc1. The Kier molecular flexibility index (Phi) is 11.3. The third kappa shape index (κ3) is 9.04. The van der Waals surface area contributed by atoms with Gasteiger partial charge in [-0.15, -0.1) is 0 Å². The summed E-state index contributed by atoms with van der Waals surface area (Å²) in [5, 5.41) is 0. The Labute approximate surface area is 248 Å². The van der Waals surface area contributed by atoms with Crippen LogP contribution in [0.15, 0.2) is 97.3 Å². The van der Waals surface area contributed by atoms with Crippen LogP contribution in [-0.4, -0.2) is 38.7 Å². The lowest BCUT2D eigenvalue weighted by atomic mass is 10.1. The number of anilines is 2. The van der Waals surface area contributed by atoms with Gasteiger partial charge in [0, 0.05) is 86.5 Å². The molecule has 6 heteroatoms. The monoisotopic (exact) mass is 568 g/mol. The van der Waals surface area contributed by atoms with E-state index in [1.807, 2.05) is 33.7 Å². The lowest BCUT2D eigenvalue weighted by Gasteiger charge is -2.20. The first-order chi connectivity index (χ1) is 19.5. The van der Waals surface area contributed by atoms with Crippen LogP contribution in [0, 0.1) is 0 Å². The fourth-order valence-electron chi connectivity index (χ4n) is 4.19. The summed E-state index contributed by atoms with van der Waals surface area (Å²) in [6.45, 7) is 2.05. The van der Waals surface area contributed by atoms with Crippen molar-refractivity contribution in [2.75, 3.05) is 48.5 Å². The number of nitrogens with zero attached hydrogens (tertiary/aromatic N) is 4. The average Bonchev–Trinajstić information content (AvgIpc) is 2.98. The summed E-state index contributed by atoms with van der Waals surface area (Å²) >= 11 is 0. The molecule has 0 saturated heterocycles. The van der Waals surface area contributed by atoms with Gasteiger partial charge in [0.05, 0.1) is 0 Å². The van der Waals surface area contributed by atoms with Crippen LogP contribution in [0.2, 0.25) is 0 Å². The van der Waals surface area contributed by atoms with Gasteiger partial charge < -0.3 is 9.80 Å². The second kappa shape index (κ2) is 15.3. The predicted molar refractivity (Wildman–Crippen MR) is 177 cm³/mol. The van der Waals surface area contributed by atoms with Gasteiger partial charge in [0.1, 0.15) is 14.1 Å². The molecular formula is C34H40N4S2+2. The second-order valence-corrected chi connectivity index (χ2v) is 12.5. The zero-order valence-electron chi connectivity index (χ0n) is 24.0. The van der Waals surface area contributed by atoms with Gasteiger partial charge in [-0.2, -0.15) is 0 Å². The largest absolute Gasteiger partial charge is 0.374 e. The van der Waals surface area contributed by atoms with Crippen molar-refractivity contribution in [1.29, 1.82) is 0 Å². The van der Waals surface area contributed by atoms with Gasteiger partial charge in [-0.05, 0) is 59.7 Å². The lowest BCUT2D eigenvalue weighted by molar-refractivity contribution is -0.673. The first kappa shape index (κ1) is 29.5. The fourth-order valence-corrected chi connectivity index (χ4v) is 6.27. The topological polar surface area (TPSA) is 14.2 Å². The van der Waals surface area contributed by atoms with E-state index in [1.54, 1.807) is 0 Å². The summed E-state index contributed by atoms with van der Waals surface area (Å²) in [4.78, 5) is 4.66. The number of aryl methyl sites for hydroxylation is 2. The molecule has 0 aliphatic heterocycles. The van der Waals surface area contributed by atoms with Crippen molar-refractivity contribution in [1.82, 2.24) is 0 Å². The second-order valence-electron chi connectivity index (χ2n) is 9.81. The Balaban J connectivity index is 1.13. The third-order valence-electron chi connectivity index (χ3n) is 6.85. The molecule has 0 N–H and O–H groups in total. The molecule has 206 valence electrons. The first-order valence-electron chi connectivity index (χ1n) is 13.6. The minimum Gasteiger partial charge on any atom is -0.374 e. The van der Waals surface area contributed by atoms with Crippen LogP contribution in [0.3, 0.4) is 0 Å². The minimum atomic E-state index is 1.03. The third-order valence-corrected chi connectivity index (χ3v) is 9.22. The Morgan fingerprint density at radius 2 is 0.950 bits per heavy atom. The maximum Gasteiger partial charge on any atom is 0.204 e. The highest BCUT2D eigenvalue weighted by Crippen LogP contribution is 2.24. The number of rotatable bonds is 13. The molecule has 0 bridgehead atoms. The molecule has 4 rings (SSSR count). The molecule has 0 unspecified atom stereocenters. The van der Waals surface area contributed by atoms with Gasteiger partial charge >= 0.3 is 0 Å². The molecular weight excluding hydrogens is 529 g/mol. The number of hydrogen-bond donors (Lipinski definition) is 0. The van der Waals surface area contributed by atoms with Gasteiger partial charge in [-0.3, -0.25) is 0 Å². The van der Waals surface area contributed by atoms with Gasteiger partial charge in [0.2, 0.25) is 11.4 Å². The van der Waals surface area contributed by atoms with Crippen LogP contribution in [0.25, 0.3) is 24.3 Å². The van der Waals surface area contributed by atoms with E-state index in [1.165, 1.54) is 33.9 Å². The number of pyridine rings is 2. The molecule has 0 amide bonds. The normalized spacial score (nSPS) is 11.4. The smallest absolute Gasteiger partial charge is 0.204 e. The first-order valence-corrected chi connectivity index (χ1v) is 16.1. The molecule has 2 aromatic heterocycles. The molecule has 0 aliphatic rings. The standard InChI is InChI=1S/C34H40N4S2/c1-35-23-7-5-9-31(35)17-11-29-13-19-33(20-14-29)37(3)25-27-39-40-28-26-38(4)34-21-15-30(16-22-34)12-18-32-10-6-8-24-36(32)2/h5-24H,25-28H2,1-4H3/q+2. The summed E-state index contributed by atoms with van der Waals surface area (Å²) in [7, 11) is 12.4. The Hall–Kier alpha value is -3.48. The average molecular weight is 569 g/mol. The fraction of sp³-hybridized carbons (Fsp3) is 0.235. The molecule has 0 saturated carbocycles. The summed E-state index contributed by atoms with van der Waals surface area (Å²) < 4.78 is 4.24. The van der Waals surface area contributed by atoms with Gasteiger partial charge in [-0.25, -0.2) is 9.13 Å². The molecule has 0 fully saturated rings. The zero-order valence-corrected chi connectivity index (χ0v) is 25.6. The molecule has 2 heterocycles. The van der Waals surface area contributed by atoms with E-state index in [2.05, 4.69) is 157 Å².